The smallest absolute Gasteiger partial charge is 0.358 e. The fourth-order valence-electron chi connectivity index (χ4n) is 2.06. The summed E-state index contributed by atoms with van der Waals surface area (Å²) in [6.45, 7) is 2.56. The maximum atomic E-state index is 11.3. The number of aromatic carboxylic acids is 1. The predicted molar refractivity (Wildman–Crippen MR) is 75.8 cm³/mol. The Morgan fingerprint density at radius 2 is 1.86 bits per heavy atom. The van der Waals surface area contributed by atoms with E-state index in [1.807, 2.05) is 6.92 Å². The second kappa shape index (κ2) is 6.25. The van der Waals surface area contributed by atoms with Gasteiger partial charge in [0, 0.05) is 18.2 Å². The fourth-order valence-corrected chi connectivity index (χ4v) is 2.06. The van der Waals surface area contributed by atoms with Gasteiger partial charge in [-0.3, -0.25) is 0 Å². The lowest BCUT2D eigenvalue weighted by molar-refractivity contribution is 0.0691. The van der Waals surface area contributed by atoms with Gasteiger partial charge in [0.2, 0.25) is 0 Å². The number of carboxylic acid groups (broad SMARTS) is 1. The lowest BCUT2D eigenvalue weighted by Crippen LogP contribution is -2.05. The monoisotopic (exact) mass is 291 g/mol. The third-order valence-corrected chi connectivity index (χ3v) is 3.00. The lowest BCUT2D eigenvalue weighted by Gasteiger charge is -2.10. The van der Waals surface area contributed by atoms with Crippen LogP contribution in [0, 0.1) is 0 Å². The third-order valence-electron chi connectivity index (χ3n) is 3.00. The van der Waals surface area contributed by atoms with E-state index in [1.165, 1.54) is 14.2 Å². The van der Waals surface area contributed by atoms with E-state index in [9.17, 15) is 9.90 Å². The highest BCUT2D eigenvalue weighted by Gasteiger charge is 2.21. The molecule has 112 valence electrons. The van der Waals surface area contributed by atoms with Gasteiger partial charge >= 0.3 is 5.97 Å². The Morgan fingerprint density at radius 3 is 2.33 bits per heavy atom. The quantitative estimate of drug-likeness (QED) is 0.876. The zero-order valence-corrected chi connectivity index (χ0v) is 12.2. The number of ether oxygens (including phenoxy) is 2. The molecule has 0 aliphatic heterocycles. The van der Waals surface area contributed by atoms with Crippen LogP contribution >= 0.6 is 0 Å². The van der Waals surface area contributed by atoms with Crippen molar-refractivity contribution in [3.8, 4) is 22.8 Å². The summed E-state index contributed by atoms with van der Waals surface area (Å²) < 4.78 is 12.0. The van der Waals surface area contributed by atoms with Gasteiger partial charge in [0.05, 0.1) is 14.2 Å². The largest absolute Gasteiger partial charge is 0.497 e. The molecule has 1 aromatic carbocycles. The molecule has 2 rings (SSSR count). The van der Waals surface area contributed by atoms with Crippen molar-refractivity contribution in [3.63, 3.8) is 0 Å². The molecule has 0 unspecified atom stereocenters. The number of aromatic nitrogens is 3. The molecule has 21 heavy (non-hydrogen) atoms. The minimum atomic E-state index is -1.12. The minimum Gasteiger partial charge on any atom is -0.497 e. The Labute approximate surface area is 122 Å². The summed E-state index contributed by atoms with van der Waals surface area (Å²) in [5.74, 6) is 0.0315. The Hall–Kier alpha value is -2.57. The van der Waals surface area contributed by atoms with Crippen molar-refractivity contribution in [2.45, 2.75) is 19.9 Å². The molecule has 0 atom stereocenters. The van der Waals surface area contributed by atoms with Crippen molar-refractivity contribution in [1.82, 2.24) is 15.0 Å². The van der Waals surface area contributed by atoms with Gasteiger partial charge in [0.25, 0.3) is 0 Å². The first-order valence-corrected chi connectivity index (χ1v) is 6.51. The van der Waals surface area contributed by atoms with Gasteiger partial charge in [-0.05, 0) is 18.6 Å². The topological polar surface area (TPSA) is 86.5 Å². The number of rotatable bonds is 6. The molecule has 0 amide bonds. The number of hydrogen-bond donors (Lipinski definition) is 1. The molecule has 0 aliphatic rings. The second-order valence-corrected chi connectivity index (χ2v) is 4.42. The molecule has 0 saturated heterocycles. The second-order valence-electron chi connectivity index (χ2n) is 4.42. The number of benzene rings is 1. The molecule has 0 spiro atoms. The van der Waals surface area contributed by atoms with Crippen LogP contribution in [0.2, 0.25) is 0 Å². The normalized spacial score (nSPS) is 10.4. The van der Waals surface area contributed by atoms with Crippen LogP contribution in [-0.2, 0) is 6.54 Å². The molecule has 0 fully saturated rings. The van der Waals surface area contributed by atoms with Crippen molar-refractivity contribution < 1.29 is 19.4 Å². The molecule has 0 aliphatic carbocycles. The first kappa shape index (κ1) is 14.8. The number of carbonyl (C=O) groups is 1. The van der Waals surface area contributed by atoms with Gasteiger partial charge in [0.15, 0.2) is 5.69 Å². The van der Waals surface area contributed by atoms with Crippen molar-refractivity contribution in [2.24, 2.45) is 0 Å². The molecule has 0 saturated carbocycles. The van der Waals surface area contributed by atoms with E-state index in [1.54, 1.807) is 22.9 Å². The van der Waals surface area contributed by atoms with E-state index in [2.05, 4.69) is 10.3 Å². The molecule has 7 nitrogen and oxygen atoms in total. The number of nitrogens with zero attached hydrogens (tertiary/aromatic N) is 3. The van der Waals surface area contributed by atoms with Crippen LogP contribution in [-0.4, -0.2) is 40.3 Å². The van der Waals surface area contributed by atoms with E-state index in [4.69, 9.17) is 9.47 Å². The summed E-state index contributed by atoms with van der Waals surface area (Å²) in [7, 11) is 3.08. The van der Waals surface area contributed by atoms with Gasteiger partial charge in [-0.25, -0.2) is 9.48 Å². The van der Waals surface area contributed by atoms with Crippen LogP contribution in [0.3, 0.4) is 0 Å². The molecule has 0 radical (unpaired) electrons. The van der Waals surface area contributed by atoms with Crippen LogP contribution in [0.25, 0.3) is 11.3 Å². The van der Waals surface area contributed by atoms with Gasteiger partial charge in [-0.2, -0.15) is 0 Å². The highest BCUT2D eigenvalue weighted by Crippen LogP contribution is 2.31. The summed E-state index contributed by atoms with van der Waals surface area (Å²) in [4.78, 5) is 11.3. The van der Waals surface area contributed by atoms with Crippen LogP contribution < -0.4 is 9.47 Å². The van der Waals surface area contributed by atoms with Crippen LogP contribution in [0.1, 0.15) is 23.8 Å². The van der Waals surface area contributed by atoms with Crippen molar-refractivity contribution in [3.05, 3.63) is 23.9 Å². The summed E-state index contributed by atoms with van der Waals surface area (Å²) >= 11 is 0. The van der Waals surface area contributed by atoms with E-state index in [0.717, 1.165) is 6.42 Å². The van der Waals surface area contributed by atoms with Crippen LogP contribution in [0.15, 0.2) is 18.2 Å². The van der Waals surface area contributed by atoms with Gasteiger partial charge < -0.3 is 14.6 Å². The van der Waals surface area contributed by atoms with Gasteiger partial charge in [-0.1, -0.05) is 12.1 Å². The van der Waals surface area contributed by atoms with Crippen LogP contribution in [0.4, 0.5) is 0 Å². The van der Waals surface area contributed by atoms with Crippen molar-refractivity contribution in [1.29, 1.82) is 0 Å². The number of carboxylic acids is 1. The van der Waals surface area contributed by atoms with E-state index in [0.29, 0.717) is 29.3 Å². The first-order valence-electron chi connectivity index (χ1n) is 6.51. The molecular weight excluding hydrogens is 274 g/mol. The Balaban J connectivity index is 2.63. The van der Waals surface area contributed by atoms with Crippen LogP contribution in [0.5, 0.6) is 11.5 Å². The van der Waals surface area contributed by atoms with Gasteiger partial charge in [-0.15, -0.1) is 5.10 Å². The average Bonchev–Trinajstić information content (AvgIpc) is 2.91. The molecule has 0 bridgehead atoms. The maximum absolute atomic E-state index is 11.3. The van der Waals surface area contributed by atoms with E-state index in [-0.39, 0.29) is 5.69 Å². The van der Waals surface area contributed by atoms with E-state index >= 15 is 0 Å². The molecule has 1 N–H and O–H groups in total. The zero-order valence-electron chi connectivity index (χ0n) is 12.2. The SMILES string of the molecule is CCCn1nnc(C(=O)O)c1-c1cc(OC)cc(OC)c1. The lowest BCUT2D eigenvalue weighted by atomic mass is 10.1. The highest BCUT2D eigenvalue weighted by atomic mass is 16.5. The molecule has 7 heteroatoms. The van der Waals surface area contributed by atoms with Crippen molar-refractivity contribution >= 4 is 5.97 Å². The summed E-state index contributed by atoms with van der Waals surface area (Å²) in [5.41, 5.74) is 1.00. The maximum Gasteiger partial charge on any atom is 0.358 e. The Morgan fingerprint density at radius 1 is 1.24 bits per heavy atom. The Bertz CT molecular complexity index is 629. The third kappa shape index (κ3) is 2.96. The fraction of sp³-hybridized carbons (Fsp3) is 0.357. The predicted octanol–water partition coefficient (Wildman–Crippen LogP) is 2.07. The van der Waals surface area contributed by atoms with Gasteiger partial charge in [0.1, 0.15) is 17.2 Å². The summed E-state index contributed by atoms with van der Waals surface area (Å²) in [6.07, 6.45) is 0.816. The first-order chi connectivity index (χ1) is 10.1. The number of aryl methyl sites for hydroxylation is 1. The Kier molecular flexibility index (Phi) is 4.42. The molecule has 1 heterocycles. The molecule has 1 aromatic heterocycles. The number of methoxy groups -OCH3 is 2. The minimum absolute atomic E-state index is 0.0845. The number of hydrogen-bond acceptors (Lipinski definition) is 5. The van der Waals surface area contributed by atoms with Crippen molar-refractivity contribution in [2.75, 3.05) is 14.2 Å². The summed E-state index contributed by atoms with van der Waals surface area (Å²) in [5, 5.41) is 17.0. The average molecular weight is 291 g/mol. The summed E-state index contributed by atoms with van der Waals surface area (Å²) in [6, 6.07) is 5.19. The molecule has 2 aromatic rings. The standard InChI is InChI=1S/C14H17N3O4/c1-4-5-17-13(12(14(18)19)15-16-17)9-6-10(20-2)8-11(7-9)21-3/h6-8H,4-5H2,1-3H3,(H,18,19). The zero-order chi connectivity index (χ0) is 15.4. The molecular formula is C14H17N3O4. The highest BCUT2D eigenvalue weighted by molar-refractivity contribution is 5.92. The van der Waals surface area contributed by atoms with E-state index < -0.39 is 5.97 Å².